The first-order valence-electron chi connectivity index (χ1n) is 8.72. The lowest BCUT2D eigenvalue weighted by Crippen LogP contribution is -2.15. The van der Waals surface area contributed by atoms with Gasteiger partial charge in [-0.15, -0.1) is 0 Å². The summed E-state index contributed by atoms with van der Waals surface area (Å²) in [5, 5.41) is 5.85. The SMILES string of the molecule is CC(=O)c1ccc(Nc2nccc(C(=O)Nc3ccc(N(C)C)cc3)n2)cc1. The largest absolute Gasteiger partial charge is 0.378 e. The normalized spacial score (nSPS) is 10.2. The Morgan fingerprint density at radius 3 is 2.14 bits per heavy atom. The number of hydrogen-bond donors (Lipinski definition) is 2. The van der Waals surface area contributed by atoms with Crippen molar-refractivity contribution in [2.75, 3.05) is 29.6 Å². The van der Waals surface area contributed by atoms with Crippen molar-refractivity contribution in [2.45, 2.75) is 6.92 Å². The number of carbonyl (C=O) groups excluding carboxylic acids is 2. The summed E-state index contributed by atoms with van der Waals surface area (Å²) in [6.45, 7) is 1.52. The van der Waals surface area contributed by atoms with Gasteiger partial charge in [-0.25, -0.2) is 9.97 Å². The summed E-state index contributed by atoms with van der Waals surface area (Å²) in [7, 11) is 3.91. The third kappa shape index (κ3) is 4.70. The summed E-state index contributed by atoms with van der Waals surface area (Å²) in [4.78, 5) is 34.2. The molecule has 1 amide bonds. The fourth-order valence-electron chi connectivity index (χ4n) is 2.50. The van der Waals surface area contributed by atoms with E-state index in [1.165, 1.54) is 13.1 Å². The summed E-state index contributed by atoms with van der Waals surface area (Å²) in [6, 6.07) is 16.0. The summed E-state index contributed by atoms with van der Waals surface area (Å²) in [6.07, 6.45) is 1.52. The van der Waals surface area contributed by atoms with Gasteiger partial charge in [-0.1, -0.05) is 0 Å². The molecule has 142 valence electrons. The van der Waals surface area contributed by atoms with E-state index in [0.717, 1.165) is 11.4 Å². The Labute approximate surface area is 163 Å². The van der Waals surface area contributed by atoms with Crippen LogP contribution in [-0.4, -0.2) is 35.8 Å². The monoisotopic (exact) mass is 375 g/mol. The summed E-state index contributed by atoms with van der Waals surface area (Å²) < 4.78 is 0. The Bertz CT molecular complexity index is 982. The molecule has 0 bridgehead atoms. The quantitative estimate of drug-likeness (QED) is 0.638. The summed E-state index contributed by atoms with van der Waals surface area (Å²) >= 11 is 0. The first kappa shape index (κ1) is 19.0. The zero-order chi connectivity index (χ0) is 20.1. The van der Waals surface area contributed by atoms with Gasteiger partial charge in [-0.3, -0.25) is 9.59 Å². The highest BCUT2D eigenvalue weighted by atomic mass is 16.2. The fraction of sp³-hybridized carbons (Fsp3) is 0.143. The highest BCUT2D eigenvalue weighted by Gasteiger charge is 2.10. The molecule has 0 saturated carbocycles. The molecule has 7 nitrogen and oxygen atoms in total. The number of carbonyl (C=O) groups is 2. The van der Waals surface area contributed by atoms with E-state index in [-0.39, 0.29) is 17.4 Å². The van der Waals surface area contributed by atoms with E-state index >= 15 is 0 Å². The van der Waals surface area contributed by atoms with Crippen LogP contribution in [0.1, 0.15) is 27.8 Å². The van der Waals surface area contributed by atoms with E-state index in [4.69, 9.17) is 0 Å². The maximum absolute atomic E-state index is 12.5. The minimum atomic E-state index is -0.324. The van der Waals surface area contributed by atoms with Gasteiger partial charge in [0.25, 0.3) is 5.91 Å². The number of rotatable bonds is 6. The standard InChI is InChI=1S/C21H21N5O2/c1-14(27)15-4-6-17(7-5-15)24-21-22-13-12-19(25-21)20(28)23-16-8-10-18(11-9-16)26(2)3/h4-13H,1-3H3,(H,23,28)(H,22,24,25). The van der Waals surface area contributed by atoms with Crippen molar-refractivity contribution in [2.24, 2.45) is 0 Å². The first-order valence-corrected chi connectivity index (χ1v) is 8.72. The third-order valence-corrected chi connectivity index (χ3v) is 4.08. The van der Waals surface area contributed by atoms with Gasteiger partial charge in [0.1, 0.15) is 5.69 Å². The van der Waals surface area contributed by atoms with E-state index in [0.29, 0.717) is 17.2 Å². The van der Waals surface area contributed by atoms with Crippen LogP contribution >= 0.6 is 0 Å². The zero-order valence-corrected chi connectivity index (χ0v) is 15.9. The molecule has 0 aliphatic rings. The van der Waals surface area contributed by atoms with Crippen LogP contribution in [0.2, 0.25) is 0 Å². The number of Topliss-reactive ketones (excluding diaryl/α,β-unsaturated/α-hetero) is 1. The van der Waals surface area contributed by atoms with E-state index in [9.17, 15) is 9.59 Å². The topological polar surface area (TPSA) is 87.2 Å². The molecule has 7 heteroatoms. The smallest absolute Gasteiger partial charge is 0.274 e. The van der Waals surface area contributed by atoms with Gasteiger partial charge in [-0.2, -0.15) is 0 Å². The second-order valence-electron chi connectivity index (χ2n) is 6.42. The Morgan fingerprint density at radius 2 is 1.54 bits per heavy atom. The lowest BCUT2D eigenvalue weighted by Gasteiger charge is -2.13. The summed E-state index contributed by atoms with van der Waals surface area (Å²) in [5.74, 6) is -0.0266. The van der Waals surface area contributed by atoms with Crippen LogP contribution in [-0.2, 0) is 0 Å². The van der Waals surface area contributed by atoms with Gasteiger partial charge in [0, 0.05) is 42.9 Å². The van der Waals surface area contributed by atoms with Crippen LogP contribution in [0.4, 0.5) is 23.0 Å². The predicted octanol–water partition coefficient (Wildman–Crippen LogP) is 3.74. The maximum Gasteiger partial charge on any atom is 0.274 e. The molecule has 0 atom stereocenters. The van der Waals surface area contributed by atoms with E-state index in [1.54, 1.807) is 30.3 Å². The molecule has 28 heavy (non-hydrogen) atoms. The predicted molar refractivity (Wildman–Crippen MR) is 110 cm³/mol. The second kappa shape index (κ2) is 8.30. The molecule has 0 aliphatic carbocycles. The van der Waals surface area contributed by atoms with Crippen LogP contribution in [0.5, 0.6) is 0 Å². The lowest BCUT2D eigenvalue weighted by atomic mass is 10.1. The number of amides is 1. The number of ketones is 1. The highest BCUT2D eigenvalue weighted by molar-refractivity contribution is 6.03. The van der Waals surface area contributed by atoms with E-state index < -0.39 is 0 Å². The number of nitrogens with zero attached hydrogens (tertiary/aromatic N) is 3. The van der Waals surface area contributed by atoms with Crippen molar-refractivity contribution in [3.8, 4) is 0 Å². The van der Waals surface area contributed by atoms with E-state index in [2.05, 4.69) is 20.6 Å². The minimum absolute atomic E-state index is 0.0000767. The number of nitrogens with one attached hydrogen (secondary N) is 2. The van der Waals surface area contributed by atoms with Gasteiger partial charge in [0.2, 0.25) is 5.95 Å². The van der Waals surface area contributed by atoms with Crippen molar-refractivity contribution >= 4 is 34.7 Å². The Morgan fingerprint density at radius 1 is 0.893 bits per heavy atom. The molecule has 3 rings (SSSR count). The minimum Gasteiger partial charge on any atom is -0.378 e. The first-order chi connectivity index (χ1) is 13.4. The number of hydrogen-bond acceptors (Lipinski definition) is 6. The van der Waals surface area contributed by atoms with Gasteiger partial charge < -0.3 is 15.5 Å². The molecule has 0 saturated heterocycles. The third-order valence-electron chi connectivity index (χ3n) is 4.08. The molecule has 0 spiro atoms. The van der Waals surface area contributed by atoms with Crippen LogP contribution < -0.4 is 15.5 Å². The molecule has 0 fully saturated rings. The van der Waals surface area contributed by atoms with Crippen molar-refractivity contribution in [3.63, 3.8) is 0 Å². The molecule has 2 N–H and O–H groups in total. The molecule has 1 aromatic heterocycles. The van der Waals surface area contributed by atoms with Gasteiger partial charge in [-0.05, 0) is 61.5 Å². The highest BCUT2D eigenvalue weighted by Crippen LogP contribution is 2.17. The molecular weight excluding hydrogens is 354 g/mol. The average Bonchev–Trinajstić information content (AvgIpc) is 2.69. The van der Waals surface area contributed by atoms with Gasteiger partial charge >= 0.3 is 0 Å². The Kier molecular flexibility index (Phi) is 5.64. The van der Waals surface area contributed by atoms with E-state index in [1.807, 2.05) is 43.3 Å². The molecule has 3 aromatic rings. The van der Waals surface area contributed by atoms with Crippen LogP contribution in [0.15, 0.2) is 60.8 Å². The van der Waals surface area contributed by atoms with Crippen molar-refractivity contribution in [3.05, 3.63) is 72.1 Å². The number of anilines is 4. The van der Waals surface area contributed by atoms with Crippen molar-refractivity contribution in [1.29, 1.82) is 0 Å². The summed E-state index contributed by atoms with van der Waals surface area (Å²) in [5.41, 5.74) is 3.32. The van der Waals surface area contributed by atoms with Crippen LogP contribution in [0, 0.1) is 0 Å². The van der Waals surface area contributed by atoms with Crippen LogP contribution in [0.25, 0.3) is 0 Å². The molecule has 0 radical (unpaired) electrons. The van der Waals surface area contributed by atoms with Gasteiger partial charge in [0.15, 0.2) is 5.78 Å². The number of aromatic nitrogens is 2. The van der Waals surface area contributed by atoms with Crippen molar-refractivity contribution in [1.82, 2.24) is 9.97 Å². The molecule has 1 heterocycles. The molecule has 0 aliphatic heterocycles. The zero-order valence-electron chi connectivity index (χ0n) is 15.9. The maximum atomic E-state index is 12.5. The Balaban J connectivity index is 1.69. The molecular formula is C21H21N5O2. The van der Waals surface area contributed by atoms with Crippen molar-refractivity contribution < 1.29 is 9.59 Å². The molecule has 0 unspecified atom stereocenters. The second-order valence-corrected chi connectivity index (χ2v) is 6.42. The Hall–Kier alpha value is -3.74. The average molecular weight is 375 g/mol. The molecule has 2 aromatic carbocycles. The fourth-order valence-corrected chi connectivity index (χ4v) is 2.50. The van der Waals surface area contributed by atoms with Crippen LogP contribution in [0.3, 0.4) is 0 Å². The van der Waals surface area contributed by atoms with Gasteiger partial charge in [0.05, 0.1) is 0 Å². The lowest BCUT2D eigenvalue weighted by molar-refractivity contribution is 0.101. The number of benzene rings is 2.